The Balaban J connectivity index is 1.56. The molecular weight excluding hydrogens is 274 g/mol. The number of carbonyl (C=O) groups is 2. The van der Waals surface area contributed by atoms with Crippen LogP contribution in [-0.2, 0) is 19.1 Å². The molecule has 0 aromatic heterocycles. The van der Waals surface area contributed by atoms with E-state index in [1.807, 2.05) is 0 Å². The third kappa shape index (κ3) is 5.26. The average molecular weight is 299 g/mol. The van der Waals surface area contributed by atoms with Gasteiger partial charge in [0.15, 0.2) is 0 Å². The van der Waals surface area contributed by atoms with E-state index in [0.717, 1.165) is 32.8 Å². The van der Waals surface area contributed by atoms with Gasteiger partial charge in [0.2, 0.25) is 11.8 Å². The zero-order valence-electron chi connectivity index (χ0n) is 12.6. The molecule has 7 nitrogen and oxygen atoms in total. The fourth-order valence-corrected chi connectivity index (χ4v) is 2.48. The van der Waals surface area contributed by atoms with Gasteiger partial charge in [-0.3, -0.25) is 14.5 Å². The first-order valence-electron chi connectivity index (χ1n) is 7.57. The highest BCUT2D eigenvalue weighted by molar-refractivity contribution is 5.92. The molecule has 0 aromatic carbocycles. The Morgan fingerprint density at radius 2 is 1.76 bits per heavy atom. The smallest absolute Gasteiger partial charge is 0.224 e. The number of methoxy groups -OCH3 is 1. The van der Waals surface area contributed by atoms with Crippen molar-refractivity contribution in [2.24, 2.45) is 11.8 Å². The van der Waals surface area contributed by atoms with Gasteiger partial charge >= 0.3 is 0 Å². The number of nitrogens with zero attached hydrogens (tertiary/aromatic N) is 1. The summed E-state index contributed by atoms with van der Waals surface area (Å²) >= 11 is 0. The summed E-state index contributed by atoms with van der Waals surface area (Å²) in [6.45, 7) is 5.83. The Kier molecular flexibility index (Phi) is 6.41. The number of morpholine rings is 1. The molecule has 0 spiro atoms. The van der Waals surface area contributed by atoms with E-state index in [4.69, 9.17) is 9.47 Å². The molecule has 2 amide bonds. The Morgan fingerprint density at radius 3 is 2.38 bits per heavy atom. The fourth-order valence-electron chi connectivity index (χ4n) is 2.48. The van der Waals surface area contributed by atoms with E-state index in [0.29, 0.717) is 26.1 Å². The van der Waals surface area contributed by atoms with Gasteiger partial charge < -0.3 is 20.1 Å². The number of amides is 2. The van der Waals surface area contributed by atoms with E-state index in [1.54, 1.807) is 7.11 Å². The summed E-state index contributed by atoms with van der Waals surface area (Å²) in [5.74, 6) is -0.363. The van der Waals surface area contributed by atoms with Crippen LogP contribution in [0.1, 0.15) is 6.42 Å². The number of nitrogens with one attached hydrogen (secondary N) is 2. The summed E-state index contributed by atoms with van der Waals surface area (Å²) in [6, 6.07) is 0. The third-order valence-corrected chi connectivity index (χ3v) is 3.90. The second-order valence-corrected chi connectivity index (χ2v) is 5.48. The molecule has 2 N–H and O–H groups in total. The van der Waals surface area contributed by atoms with Crippen LogP contribution in [0.5, 0.6) is 0 Å². The molecular formula is C14H25N3O4. The largest absolute Gasteiger partial charge is 0.383 e. The van der Waals surface area contributed by atoms with Crippen LogP contribution in [0.25, 0.3) is 0 Å². The molecule has 120 valence electrons. The van der Waals surface area contributed by atoms with Crippen molar-refractivity contribution in [1.29, 1.82) is 0 Å². The minimum Gasteiger partial charge on any atom is -0.383 e. The third-order valence-electron chi connectivity index (χ3n) is 3.90. The SMILES string of the molecule is COCCNC(=O)C1CC1C(=O)NCCN1CCOCC1. The average Bonchev–Trinajstić information content (AvgIpc) is 3.29. The lowest BCUT2D eigenvalue weighted by molar-refractivity contribution is -0.127. The summed E-state index contributed by atoms with van der Waals surface area (Å²) in [6.07, 6.45) is 0.655. The van der Waals surface area contributed by atoms with Crippen molar-refractivity contribution in [3.05, 3.63) is 0 Å². The molecule has 21 heavy (non-hydrogen) atoms. The van der Waals surface area contributed by atoms with Gasteiger partial charge in [0.25, 0.3) is 0 Å². The summed E-state index contributed by atoms with van der Waals surface area (Å²) in [7, 11) is 1.59. The molecule has 1 aliphatic carbocycles. The molecule has 7 heteroatoms. The van der Waals surface area contributed by atoms with Gasteiger partial charge in [0.1, 0.15) is 0 Å². The summed E-state index contributed by atoms with van der Waals surface area (Å²) in [5.41, 5.74) is 0. The van der Waals surface area contributed by atoms with Crippen molar-refractivity contribution in [2.45, 2.75) is 6.42 Å². The normalized spacial score (nSPS) is 25.4. The quantitative estimate of drug-likeness (QED) is 0.552. The predicted octanol–water partition coefficient (Wildman–Crippen LogP) is -1.17. The lowest BCUT2D eigenvalue weighted by atomic mass is 10.3. The van der Waals surface area contributed by atoms with E-state index in [-0.39, 0.29) is 23.7 Å². The molecule has 1 aliphatic heterocycles. The highest BCUT2D eigenvalue weighted by Crippen LogP contribution is 2.38. The first kappa shape index (κ1) is 16.2. The first-order valence-corrected chi connectivity index (χ1v) is 7.57. The molecule has 2 aliphatic rings. The summed E-state index contributed by atoms with van der Waals surface area (Å²) in [5, 5.41) is 5.69. The van der Waals surface area contributed by atoms with Crippen molar-refractivity contribution in [3.8, 4) is 0 Å². The minimum absolute atomic E-state index is 0.00449. The van der Waals surface area contributed by atoms with Gasteiger partial charge in [-0.2, -0.15) is 0 Å². The van der Waals surface area contributed by atoms with Gasteiger partial charge in [0, 0.05) is 39.8 Å². The Bertz CT molecular complexity index is 358. The van der Waals surface area contributed by atoms with Crippen molar-refractivity contribution < 1.29 is 19.1 Å². The number of carbonyl (C=O) groups excluding carboxylic acids is 2. The van der Waals surface area contributed by atoms with Crippen molar-refractivity contribution >= 4 is 11.8 Å². The van der Waals surface area contributed by atoms with E-state index in [9.17, 15) is 9.59 Å². The molecule has 2 unspecified atom stereocenters. The Labute approximate surface area is 125 Å². The number of hydrogen-bond donors (Lipinski definition) is 2. The number of hydrogen-bond acceptors (Lipinski definition) is 5. The van der Waals surface area contributed by atoms with Crippen LogP contribution >= 0.6 is 0 Å². The zero-order chi connectivity index (χ0) is 15.1. The van der Waals surface area contributed by atoms with Crippen molar-refractivity contribution in [1.82, 2.24) is 15.5 Å². The standard InChI is InChI=1S/C14H25N3O4/c1-20-7-3-16-14(19)12-10-11(12)13(18)15-2-4-17-5-8-21-9-6-17/h11-12H,2-10H2,1H3,(H,15,18)(H,16,19). The Hall–Kier alpha value is -1.18. The highest BCUT2D eigenvalue weighted by atomic mass is 16.5. The summed E-state index contributed by atoms with van der Waals surface area (Å²) in [4.78, 5) is 25.9. The van der Waals surface area contributed by atoms with Crippen LogP contribution in [-0.4, -0.2) is 76.4 Å². The monoisotopic (exact) mass is 299 g/mol. The van der Waals surface area contributed by atoms with E-state index < -0.39 is 0 Å². The number of rotatable bonds is 8. The van der Waals surface area contributed by atoms with Crippen LogP contribution in [0.4, 0.5) is 0 Å². The van der Waals surface area contributed by atoms with Gasteiger partial charge in [0.05, 0.1) is 31.7 Å². The maximum atomic E-state index is 11.9. The molecule has 2 rings (SSSR count). The maximum Gasteiger partial charge on any atom is 0.224 e. The van der Waals surface area contributed by atoms with Gasteiger partial charge in [-0.05, 0) is 6.42 Å². The molecule has 0 bridgehead atoms. The minimum atomic E-state index is -0.162. The van der Waals surface area contributed by atoms with Gasteiger partial charge in [-0.15, -0.1) is 0 Å². The molecule has 2 fully saturated rings. The lowest BCUT2D eigenvalue weighted by Crippen LogP contribution is -2.41. The molecule has 1 saturated heterocycles. The molecule has 0 aromatic rings. The van der Waals surface area contributed by atoms with Crippen LogP contribution in [0.15, 0.2) is 0 Å². The van der Waals surface area contributed by atoms with Crippen molar-refractivity contribution in [2.75, 3.05) is 59.7 Å². The van der Waals surface area contributed by atoms with Crippen molar-refractivity contribution in [3.63, 3.8) is 0 Å². The van der Waals surface area contributed by atoms with Crippen LogP contribution in [0.2, 0.25) is 0 Å². The second kappa shape index (κ2) is 8.31. The fraction of sp³-hybridized carbons (Fsp3) is 0.857. The van der Waals surface area contributed by atoms with Crippen LogP contribution in [0, 0.1) is 11.8 Å². The van der Waals surface area contributed by atoms with Gasteiger partial charge in [-0.1, -0.05) is 0 Å². The lowest BCUT2D eigenvalue weighted by Gasteiger charge is -2.26. The zero-order valence-corrected chi connectivity index (χ0v) is 12.6. The van der Waals surface area contributed by atoms with Gasteiger partial charge in [-0.25, -0.2) is 0 Å². The number of ether oxygens (including phenoxy) is 2. The summed E-state index contributed by atoms with van der Waals surface area (Å²) < 4.78 is 10.1. The van der Waals surface area contributed by atoms with E-state index >= 15 is 0 Å². The Morgan fingerprint density at radius 1 is 1.14 bits per heavy atom. The maximum absolute atomic E-state index is 11.9. The molecule has 0 radical (unpaired) electrons. The highest BCUT2D eigenvalue weighted by Gasteiger charge is 2.47. The van der Waals surface area contributed by atoms with E-state index in [1.165, 1.54) is 0 Å². The predicted molar refractivity (Wildman–Crippen MR) is 76.8 cm³/mol. The molecule has 1 heterocycles. The topological polar surface area (TPSA) is 79.9 Å². The van der Waals surface area contributed by atoms with Crippen LogP contribution < -0.4 is 10.6 Å². The molecule has 1 saturated carbocycles. The second-order valence-electron chi connectivity index (χ2n) is 5.48. The molecule has 2 atom stereocenters. The van der Waals surface area contributed by atoms with E-state index in [2.05, 4.69) is 15.5 Å². The first-order chi connectivity index (χ1) is 10.2. The van der Waals surface area contributed by atoms with Crippen LogP contribution in [0.3, 0.4) is 0 Å².